The maximum atomic E-state index is 12.0. The third kappa shape index (κ3) is 4.91. The summed E-state index contributed by atoms with van der Waals surface area (Å²) in [7, 11) is 1.55. The van der Waals surface area contributed by atoms with Gasteiger partial charge in [-0.1, -0.05) is 12.1 Å². The normalized spacial score (nSPS) is 15.6. The molecule has 4 rings (SSSR count). The van der Waals surface area contributed by atoms with Crippen LogP contribution in [0.3, 0.4) is 0 Å². The summed E-state index contributed by atoms with van der Waals surface area (Å²) >= 11 is 3.91. The maximum absolute atomic E-state index is 12.0. The van der Waals surface area contributed by atoms with Crippen LogP contribution < -0.4 is 24.4 Å². The molecule has 0 radical (unpaired) electrons. The van der Waals surface area contributed by atoms with Gasteiger partial charge in [-0.05, 0) is 29.8 Å². The van der Waals surface area contributed by atoms with E-state index in [0.29, 0.717) is 33.1 Å². The number of hydrogen-bond acceptors (Lipinski definition) is 8. The fourth-order valence-corrected chi connectivity index (χ4v) is 5.72. The lowest BCUT2D eigenvalue weighted by molar-refractivity contribution is -0.123. The van der Waals surface area contributed by atoms with Crippen molar-refractivity contribution in [1.82, 2.24) is 5.43 Å². The second kappa shape index (κ2) is 9.32. The molecule has 9 heteroatoms. The highest BCUT2D eigenvalue weighted by molar-refractivity contribution is 8.19. The molecule has 0 spiro atoms. The van der Waals surface area contributed by atoms with Crippen molar-refractivity contribution in [3.63, 3.8) is 0 Å². The number of ether oxygens (including phenoxy) is 4. The Balaban J connectivity index is 1.27. The van der Waals surface area contributed by atoms with Crippen molar-refractivity contribution in [2.24, 2.45) is 5.10 Å². The summed E-state index contributed by atoms with van der Waals surface area (Å²) in [4.78, 5) is 12.0. The maximum Gasteiger partial charge on any atom is 0.277 e. The topological polar surface area (TPSA) is 78.4 Å². The van der Waals surface area contributed by atoms with Crippen LogP contribution in [-0.4, -0.2) is 44.1 Å². The van der Waals surface area contributed by atoms with Crippen LogP contribution in [0.1, 0.15) is 15.7 Å². The quantitative estimate of drug-likeness (QED) is 0.530. The Morgan fingerprint density at radius 2 is 2.03 bits per heavy atom. The molecule has 0 bridgehead atoms. The van der Waals surface area contributed by atoms with Crippen LogP contribution in [0, 0.1) is 0 Å². The molecule has 0 aromatic heterocycles. The summed E-state index contributed by atoms with van der Waals surface area (Å²) in [6.07, 6.45) is 1.51. The molecule has 1 amide bonds. The fraction of sp³-hybridized carbons (Fsp3) is 0.300. The summed E-state index contributed by atoms with van der Waals surface area (Å²) in [6.45, 7) is 0.0355. The molecule has 1 N–H and O–H groups in total. The molecule has 0 unspecified atom stereocenters. The van der Waals surface area contributed by atoms with Gasteiger partial charge in [0.2, 0.25) is 12.5 Å². The first-order valence-corrected chi connectivity index (χ1v) is 11.1. The summed E-state index contributed by atoms with van der Waals surface area (Å²) in [6, 6.07) is 11.4. The Kier molecular flexibility index (Phi) is 6.36. The molecule has 1 fully saturated rings. The van der Waals surface area contributed by atoms with E-state index in [0.717, 1.165) is 0 Å². The van der Waals surface area contributed by atoms with E-state index in [2.05, 4.69) is 10.5 Å². The first-order valence-electron chi connectivity index (χ1n) is 8.98. The molecule has 0 saturated carbocycles. The standard InChI is InChI=1S/C20H20N2O5S2/c1-24-16-8-13(9-17-19(16)27-12-26-17)10-21-22-18(23)11-25-15-4-2-14(3-5-15)20-28-6-7-29-20/h2-5,8-10,20H,6-7,11-12H2,1H3,(H,22,23)/b21-10-. The van der Waals surface area contributed by atoms with Crippen LogP contribution in [0.15, 0.2) is 41.5 Å². The highest BCUT2D eigenvalue weighted by Crippen LogP contribution is 2.45. The van der Waals surface area contributed by atoms with Gasteiger partial charge in [0, 0.05) is 17.1 Å². The lowest BCUT2D eigenvalue weighted by atomic mass is 10.2. The zero-order chi connectivity index (χ0) is 20.1. The van der Waals surface area contributed by atoms with E-state index in [1.807, 2.05) is 47.8 Å². The van der Waals surface area contributed by atoms with Gasteiger partial charge in [-0.3, -0.25) is 4.79 Å². The van der Waals surface area contributed by atoms with E-state index in [9.17, 15) is 4.79 Å². The van der Waals surface area contributed by atoms with Gasteiger partial charge < -0.3 is 18.9 Å². The largest absolute Gasteiger partial charge is 0.493 e. The van der Waals surface area contributed by atoms with Gasteiger partial charge >= 0.3 is 0 Å². The second-order valence-corrected chi connectivity index (χ2v) is 8.91. The molecule has 1 saturated heterocycles. The number of hydrazone groups is 1. The summed E-state index contributed by atoms with van der Waals surface area (Å²) < 4.78 is 22.0. The molecule has 0 atom stereocenters. The number of nitrogens with zero attached hydrogens (tertiary/aromatic N) is 1. The predicted octanol–water partition coefficient (Wildman–Crippen LogP) is 3.43. The summed E-state index contributed by atoms with van der Waals surface area (Å²) in [5, 5.41) is 3.96. The molecular weight excluding hydrogens is 412 g/mol. The lowest BCUT2D eigenvalue weighted by Crippen LogP contribution is -2.24. The molecule has 0 aliphatic carbocycles. The Hall–Kier alpha value is -2.52. The van der Waals surface area contributed by atoms with Crippen molar-refractivity contribution in [1.29, 1.82) is 0 Å². The third-order valence-electron chi connectivity index (χ3n) is 4.23. The third-order valence-corrected chi connectivity index (χ3v) is 7.33. The zero-order valence-electron chi connectivity index (χ0n) is 15.8. The minimum Gasteiger partial charge on any atom is -0.493 e. The summed E-state index contributed by atoms with van der Waals surface area (Å²) in [5.41, 5.74) is 4.44. The molecule has 2 aliphatic heterocycles. The van der Waals surface area contributed by atoms with Gasteiger partial charge in [0.05, 0.1) is 17.9 Å². The van der Waals surface area contributed by atoms with Crippen molar-refractivity contribution in [3.8, 4) is 23.0 Å². The van der Waals surface area contributed by atoms with Crippen LogP contribution >= 0.6 is 23.5 Å². The number of rotatable bonds is 7. The molecular formula is C20H20N2O5S2. The molecule has 2 heterocycles. The molecule has 29 heavy (non-hydrogen) atoms. The van der Waals surface area contributed by atoms with Gasteiger partial charge in [0.25, 0.3) is 5.91 Å². The number of amides is 1. The number of nitrogens with one attached hydrogen (secondary N) is 1. The molecule has 7 nitrogen and oxygen atoms in total. The average Bonchev–Trinajstić information content (AvgIpc) is 3.44. The van der Waals surface area contributed by atoms with Crippen LogP contribution in [0.25, 0.3) is 0 Å². The highest BCUT2D eigenvalue weighted by Gasteiger charge is 2.20. The van der Waals surface area contributed by atoms with E-state index in [4.69, 9.17) is 18.9 Å². The first kappa shape index (κ1) is 19.8. The number of benzene rings is 2. The van der Waals surface area contributed by atoms with Crippen molar-refractivity contribution in [2.45, 2.75) is 4.58 Å². The zero-order valence-corrected chi connectivity index (χ0v) is 17.4. The fourth-order valence-electron chi connectivity index (χ4n) is 2.86. The first-order chi connectivity index (χ1) is 14.2. The Morgan fingerprint density at radius 1 is 1.24 bits per heavy atom. The SMILES string of the molecule is COc1cc(/C=N\NC(=O)COc2ccc(C3SCCS3)cc2)cc2c1OCO2. The van der Waals surface area contributed by atoms with Crippen LogP contribution in [0.5, 0.6) is 23.0 Å². The van der Waals surface area contributed by atoms with Crippen molar-refractivity contribution < 1.29 is 23.7 Å². The molecule has 2 aliphatic rings. The predicted molar refractivity (Wildman–Crippen MR) is 114 cm³/mol. The number of methoxy groups -OCH3 is 1. The van der Waals surface area contributed by atoms with E-state index >= 15 is 0 Å². The van der Waals surface area contributed by atoms with Crippen molar-refractivity contribution >= 4 is 35.6 Å². The number of carbonyl (C=O) groups excluding carboxylic acids is 1. The smallest absolute Gasteiger partial charge is 0.277 e. The van der Waals surface area contributed by atoms with Gasteiger partial charge in [-0.2, -0.15) is 5.10 Å². The lowest BCUT2D eigenvalue weighted by Gasteiger charge is -2.10. The Labute approximate surface area is 177 Å². The average molecular weight is 433 g/mol. The van der Waals surface area contributed by atoms with Crippen molar-refractivity contribution in [3.05, 3.63) is 47.5 Å². The highest BCUT2D eigenvalue weighted by atomic mass is 32.2. The Morgan fingerprint density at radius 3 is 2.79 bits per heavy atom. The molecule has 2 aromatic carbocycles. The van der Waals surface area contributed by atoms with E-state index in [1.54, 1.807) is 19.2 Å². The number of carbonyl (C=O) groups is 1. The van der Waals surface area contributed by atoms with Gasteiger partial charge in [0.1, 0.15) is 5.75 Å². The molecule has 2 aromatic rings. The second-order valence-electron chi connectivity index (χ2n) is 6.18. The van der Waals surface area contributed by atoms with E-state index in [-0.39, 0.29) is 19.3 Å². The number of fused-ring (bicyclic) bond motifs is 1. The minimum atomic E-state index is -0.347. The van der Waals surface area contributed by atoms with Gasteiger partial charge in [0.15, 0.2) is 18.1 Å². The van der Waals surface area contributed by atoms with Gasteiger partial charge in [-0.25, -0.2) is 5.43 Å². The van der Waals surface area contributed by atoms with E-state index in [1.165, 1.54) is 23.3 Å². The minimum absolute atomic E-state index is 0.117. The monoisotopic (exact) mass is 432 g/mol. The number of hydrogen-bond donors (Lipinski definition) is 1. The van der Waals surface area contributed by atoms with Crippen LogP contribution in [-0.2, 0) is 4.79 Å². The summed E-state index contributed by atoms with van der Waals surface area (Å²) in [5.74, 6) is 4.38. The number of thioether (sulfide) groups is 2. The molecule has 152 valence electrons. The van der Waals surface area contributed by atoms with Crippen molar-refractivity contribution in [2.75, 3.05) is 32.0 Å². The van der Waals surface area contributed by atoms with Crippen LogP contribution in [0.4, 0.5) is 0 Å². The Bertz CT molecular complexity index is 898. The van der Waals surface area contributed by atoms with Gasteiger partial charge in [-0.15, -0.1) is 23.5 Å². The van der Waals surface area contributed by atoms with E-state index < -0.39 is 0 Å². The van der Waals surface area contributed by atoms with Crippen LogP contribution in [0.2, 0.25) is 0 Å².